The summed E-state index contributed by atoms with van der Waals surface area (Å²) in [5.41, 5.74) is 0.928. The number of H-pyrrole nitrogens is 1. The van der Waals surface area contributed by atoms with Gasteiger partial charge >= 0.3 is 0 Å². The van der Waals surface area contributed by atoms with Crippen LogP contribution in [0.3, 0.4) is 0 Å². The summed E-state index contributed by atoms with van der Waals surface area (Å²) in [6, 6.07) is 7.02. The van der Waals surface area contributed by atoms with Crippen molar-refractivity contribution in [3.05, 3.63) is 30.0 Å². The highest BCUT2D eigenvalue weighted by Crippen LogP contribution is 2.26. The maximum atomic E-state index is 12.8. The van der Waals surface area contributed by atoms with Crippen molar-refractivity contribution in [3.8, 4) is 11.8 Å². The number of nitrogens with zero attached hydrogens (tertiary/aromatic N) is 1. The summed E-state index contributed by atoms with van der Waals surface area (Å²) >= 11 is 0. The second-order valence-corrected chi connectivity index (χ2v) is 7.92. The third-order valence-corrected chi connectivity index (χ3v) is 5.44. The quantitative estimate of drug-likeness (QED) is 0.383. The summed E-state index contributed by atoms with van der Waals surface area (Å²) in [5, 5.41) is 27.9. The predicted octanol–water partition coefficient (Wildman–Crippen LogP) is 0.580. The van der Waals surface area contributed by atoms with Gasteiger partial charge in [-0.05, 0) is 38.0 Å². The lowest BCUT2D eigenvalue weighted by Crippen LogP contribution is -2.51. The van der Waals surface area contributed by atoms with Gasteiger partial charge in [-0.1, -0.05) is 6.07 Å². The Kier molecular flexibility index (Phi) is 7.33. The number of fused-ring (bicyclic) bond motifs is 1. The normalized spacial score (nSPS) is 18.3. The van der Waals surface area contributed by atoms with Gasteiger partial charge in [-0.15, -0.1) is 0 Å². The summed E-state index contributed by atoms with van der Waals surface area (Å²) in [7, 11) is 1.53. The molecular formula is C22H27N5O5. The van der Waals surface area contributed by atoms with Crippen molar-refractivity contribution in [2.24, 2.45) is 5.92 Å². The Morgan fingerprint density at radius 1 is 1.38 bits per heavy atom. The van der Waals surface area contributed by atoms with Gasteiger partial charge in [-0.2, -0.15) is 5.26 Å². The molecule has 1 unspecified atom stereocenters. The van der Waals surface area contributed by atoms with Gasteiger partial charge in [0.2, 0.25) is 11.8 Å². The molecule has 170 valence electrons. The minimum absolute atomic E-state index is 0.0385. The Labute approximate surface area is 185 Å². The van der Waals surface area contributed by atoms with E-state index in [1.54, 1.807) is 24.3 Å². The van der Waals surface area contributed by atoms with Crippen molar-refractivity contribution >= 4 is 28.6 Å². The second kappa shape index (κ2) is 10.2. The van der Waals surface area contributed by atoms with E-state index < -0.39 is 30.0 Å². The van der Waals surface area contributed by atoms with Crippen LogP contribution in [0.25, 0.3) is 10.9 Å². The molecule has 0 saturated carbocycles. The largest absolute Gasteiger partial charge is 0.496 e. The summed E-state index contributed by atoms with van der Waals surface area (Å²) in [6.07, 6.45) is -0.117. The van der Waals surface area contributed by atoms with Crippen LogP contribution in [-0.2, 0) is 9.59 Å². The topological polar surface area (TPSA) is 156 Å². The van der Waals surface area contributed by atoms with Crippen LogP contribution in [0.5, 0.6) is 5.75 Å². The molecule has 0 aliphatic carbocycles. The SMILES string of the molecule is COc1cccc2[nH]c(C(=O)N[C@@H](CC(C)O)C(=O)N[C@H](C#N)C[C@@H]3CCNC3=O)cc12. The first-order valence-electron chi connectivity index (χ1n) is 10.4. The lowest BCUT2D eigenvalue weighted by Gasteiger charge is -2.22. The third kappa shape index (κ3) is 5.36. The van der Waals surface area contributed by atoms with Crippen molar-refractivity contribution in [2.75, 3.05) is 13.7 Å². The molecule has 5 N–H and O–H groups in total. The molecule has 1 aromatic heterocycles. The van der Waals surface area contributed by atoms with E-state index >= 15 is 0 Å². The number of nitriles is 1. The Morgan fingerprint density at radius 3 is 2.78 bits per heavy atom. The molecule has 1 fully saturated rings. The Bertz CT molecular complexity index is 1040. The number of carbonyl (C=O) groups excluding carboxylic acids is 3. The maximum absolute atomic E-state index is 12.8. The van der Waals surface area contributed by atoms with Crippen LogP contribution in [-0.4, -0.2) is 59.7 Å². The first kappa shape index (κ1) is 23.1. The van der Waals surface area contributed by atoms with Crippen molar-refractivity contribution in [1.82, 2.24) is 20.9 Å². The molecule has 10 nitrogen and oxygen atoms in total. The minimum atomic E-state index is -1.07. The number of ether oxygens (including phenoxy) is 1. The average molecular weight is 441 g/mol. The van der Waals surface area contributed by atoms with E-state index in [2.05, 4.69) is 20.9 Å². The van der Waals surface area contributed by atoms with E-state index in [1.165, 1.54) is 14.0 Å². The standard InChI is InChI=1S/C22H27N5O5/c1-12(28)8-17(21(30)25-14(11-23)9-13-6-7-24-20(13)29)27-22(31)18-10-15-16(26-18)4-3-5-19(15)32-2/h3-5,10,12-14,17,26,28H,6-9H2,1-2H3,(H,24,29)(H,25,30)(H,27,31)/t12?,13-,14-,17-/m0/s1. The van der Waals surface area contributed by atoms with E-state index in [9.17, 15) is 24.8 Å². The fourth-order valence-corrected chi connectivity index (χ4v) is 3.81. The number of benzene rings is 1. The first-order valence-corrected chi connectivity index (χ1v) is 10.4. The Hall–Kier alpha value is -3.58. The van der Waals surface area contributed by atoms with E-state index in [4.69, 9.17) is 4.74 Å². The summed E-state index contributed by atoms with van der Waals surface area (Å²) < 4.78 is 5.30. The number of hydrogen-bond acceptors (Lipinski definition) is 6. The molecule has 0 radical (unpaired) electrons. The monoisotopic (exact) mass is 441 g/mol. The van der Waals surface area contributed by atoms with E-state index in [1.807, 2.05) is 6.07 Å². The predicted molar refractivity (Wildman–Crippen MR) is 116 cm³/mol. The third-order valence-electron chi connectivity index (χ3n) is 5.44. The summed E-state index contributed by atoms with van der Waals surface area (Å²) in [6.45, 7) is 2.05. The lowest BCUT2D eigenvalue weighted by atomic mass is 9.98. The Balaban J connectivity index is 1.71. The van der Waals surface area contributed by atoms with Gasteiger partial charge in [-0.3, -0.25) is 14.4 Å². The molecule has 0 bridgehead atoms. The van der Waals surface area contributed by atoms with Gasteiger partial charge in [0.25, 0.3) is 5.91 Å². The van der Waals surface area contributed by atoms with Crippen LogP contribution in [0.15, 0.2) is 24.3 Å². The number of methoxy groups -OCH3 is 1. The average Bonchev–Trinajstić information content (AvgIpc) is 3.38. The van der Waals surface area contributed by atoms with Crippen LogP contribution in [0.4, 0.5) is 0 Å². The number of aliphatic hydroxyl groups excluding tert-OH is 1. The maximum Gasteiger partial charge on any atom is 0.268 e. The molecule has 4 atom stereocenters. The zero-order valence-corrected chi connectivity index (χ0v) is 18.0. The molecule has 0 spiro atoms. The number of carbonyl (C=O) groups is 3. The van der Waals surface area contributed by atoms with Crippen molar-refractivity contribution in [2.45, 2.75) is 44.4 Å². The fraction of sp³-hybridized carbons (Fsp3) is 0.455. The zero-order valence-electron chi connectivity index (χ0n) is 18.0. The molecule has 3 amide bonds. The molecule has 3 rings (SSSR count). The molecule has 2 heterocycles. The van der Waals surface area contributed by atoms with Crippen LogP contribution in [0, 0.1) is 17.2 Å². The van der Waals surface area contributed by atoms with E-state index in [0.717, 1.165) is 5.39 Å². The van der Waals surface area contributed by atoms with Crippen LogP contribution in [0.1, 0.15) is 36.7 Å². The molecular weight excluding hydrogens is 414 g/mol. The van der Waals surface area contributed by atoms with E-state index in [-0.39, 0.29) is 30.4 Å². The van der Waals surface area contributed by atoms with Crippen LogP contribution < -0.4 is 20.7 Å². The summed E-state index contributed by atoms with van der Waals surface area (Å²) in [4.78, 5) is 40.4. The number of rotatable bonds is 9. The second-order valence-electron chi connectivity index (χ2n) is 7.92. The molecule has 1 aromatic carbocycles. The first-order chi connectivity index (χ1) is 15.3. The van der Waals surface area contributed by atoms with Crippen molar-refractivity contribution in [3.63, 3.8) is 0 Å². The van der Waals surface area contributed by atoms with Crippen LogP contribution >= 0.6 is 0 Å². The number of aliphatic hydroxyl groups is 1. The van der Waals surface area contributed by atoms with Gasteiger partial charge < -0.3 is 30.8 Å². The van der Waals surface area contributed by atoms with Gasteiger partial charge in [0.1, 0.15) is 23.5 Å². The highest BCUT2D eigenvalue weighted by molar-refractivity contribution is 6.01. The fourth-order valence-electron chi connectivity index (χ4n) is 3.81. The number of amides is 3. The lowest BCUT2D eigenvalue weighted by molar-refractivity contribution is -0.125. The van der Waals surface area contributed by atoms with Gasteiger partial charge in [0, 0.05) is 29.8 Å². The number of hydrogen-bond donors (Lipinski definition) is 5. The van der Waals surface area contributed by atoms with Gasteiger partial charge in [0.05, 0.1) is 19.3 Å². The molecule has 32 heavy (non-hydrogen) atoms. The van der Waals surface area contributed by atoms with Crippen molar-refractivity contribution in [1.29, 1.82) is 5.26 Å². The number of aromatic amines is 1. The van der Waals surface area contributed by atoms with Gasteiger partial charge in [-0.25, -0.2) is 0 Å². The Morgan fingerprint density at radius 2 is 2.16 bits per heavy atom. The highest BCUT2D eigenvalue weighted by Gasteiger charge is 2.30. The zero-order chi connectivity index (χ0) is 23.3. The van der Waals surface area contributed by atoms with E-state index in [0.29, 0.717) is 24.2 Å². The van der Waals surface area contributed by atoms with Crippen LogP contribution in [0.2, 0.25) is 0 Å². The molecule has 1 saturated heterocycles. The molecule has 1 aliphatic heterocycles. The highest BCUT2D eigenvalue weighted by atomic mass is 16.5. The molecule has 10 heteroatoms. The molecule has 1 aliphatic rings. The minimum Gasteiger partial charge on any atom is -0.496 e. The molecule has 2 aromatic rings. The van der Waals surface area contributed by atoms with Gasteiger partial charge in [0.15, 0.2) is 0 Å². The summed E-state index contributed by atoms with van der Waals surface area (Å²) in [5.74, 6) is -1.01. The number of aromatic nitrogens is 1. The smallest absolute Gasteiger partial charge is 0.268 e. The number of nitrogens with one attached hydrogen (secondary N) is 4. The van der Waals surface area contributed by atoms with Crippen molar-refractivity contribution < 1.29 is 24.2 Å².